The highest BCUT2D eigenvalue weighted by Gasteiger charge is 2.09. The monoisotopic (exact) mass is 280 g/mol. The number of benzene rings is 1. The SMILES string of the molecule is Cc1ccc(O)c2[nH]c(Cc3cccs3)nc12.Cl. The van der Waals surface area contributed by atoms with Gasteiger partial charge in [0.25, 0.3) is 0 Å². The van der Waals surface area contributed by atoms with Crippen LogP contribution in [0.2, 0.25) is 0 Å². The van der Waals surface area contributed by atoms with Crippen molar-refractivity contribution in [1.29, 1.82) is 0 Å². The molecule has 18 heavy (non-hydrogen) atoms. The first-order valence-corrected chi connectivity index (χ1v) is 6.31. The summed E-state index contributed by atoms with van der Waals surface area (Å²) in [6.07, 6.45) is 0.783. The van der Waals surface area contributed by atoms with Crippen molar-refractivity contribution >= 4 is 34.8 Å². The number of imidazole rings is 1. The van der Waals surface area contributed by atoms with E-state index in [2.05, 4.69) is 21.4 Å². The first-order valence-electron chi connectivity index (χ1n) is 5.43. The number of aromatic hydroxyl groups is 1. The van der Waals surface area contributed by atoms with E-state index in [4.69, 9.17) is 0 Å². The van der Waals surface area contributed by atoms with Gasteiger partial charge in [0, 0.05) is 11.3 Å². The number of aryl methyl sites for hydroxylation is 1. The Kier molecular flexibility index (Phi) is 3.59. The van der Waals surface area contributed by atoms with Gasteiger partial charge in [-0.1, -0.05) is 12.1 Å². The molecule has 3 aromatic rings. The molecule has 0 amide bonds. The molecule has 0 aliphatic rings. The van der Waals surface area contributed by atoms with Crippen LogP contribution in [0, 0.1) is 6.92 Å². The van der Waals surface area contributed by atoms with Crippen molar-refractivity contribution in [2.45, 2.75) is 13.3 Å². The molecule has 2 aromatic heterocycles. The molecule has 94 valence electrons. The summed E-state index contributed by atoms with van der Waals surface area (Å²) in [6.45, 7) is 2.00. The molecule has 0 aliphatic carbocycles. The number of rotatable bonds is 2. The topological polar surface area (TPSA) is 48.9 Å². The third-order valence-corrected chi connectivity index (χ3v) is 3.67. The van der Waals surface area contributed by atoms with Crippen LogP contribution >= 0.6 is 23.7 Å². The van der Waals surface area contributed by atoms with Gasteiger partial charge in [-0.2, -0.15) is 0 Å². The smallest absolute Gasteiger partial charge is 0.141 e. The van der Waals surface area contributed by atoms with Crippen LogP contribution in [0.25, 0.3) is 11.0 Å². The van der Waals surface area contributed by atoms with Crippen molar-refractivity contribution in [3.05, 3.63) is 45.9 Å². The number of H-pyrrole nitrogens is 1. The lowest BCUT2D eigenvalue weighted by Crippen LogP contribution is -1.86. The van der Waals surface area contributed by atoms with E-state index in [0.717, 1.165) is 28.8 Å². The summed E-state index contributed by atoms with van der Waals surface area (Å²) in [5.41, 5.74) is 2.67. The lowest BCUT2D eigenvalue weighted by atomic mass is 10.2. The number of hydrogen-bond donors (Lipinski definition) is 2. The fourth-order valence-electron chi connectivity index (χ4n) is 1.92. The molecule has 0 radical (unpaired) electrons. The summed E-state index contributed by atoms with van der Waals surface area (Å²) in [7, 11) is 0. The minimum absolute atomic E-state index is 0. The summed E-state index contributed by atoms with van der Waals surface area (Å²) in [4.78, 5) is 8.99. The third kappa shape index (κ3) is 2.21. The van der Waals surface area contributed by atoms with Gasteiger partial charge in [-0.05, 0) is 30.0 Å². The quantitative estimate of drug-likeness (QED) is 0.753. The van der Waals surface area contributed by atoms with E-state index in [0.29, 0.717) is 0 Å². The van der Waals surface area contributed by atoms with Crippen LogP contribution in [0.3, 0.4) is 0 Å². The predicted molar refractivity (Wildman–Crippen MR) is 76.9 cm³/mol. The van der Waals surface area contributed by atoms with Crippen molar-refractivity contribution in [3.63, 3.8) is 0 Å². The molecular formula is C13H13ClN2OS. The first kappa shape index (κ1) is 12.9. The fourth-order valence-corrected chi connectivity index (χ4v) is 2.63. The number of hydrogen-bond acceptors (Lipinski definition) is 3. The van der Waals surface area contributed by atoms with Crippen molar-refractivity contribution in [1.82, 2.24) is 9.97 Å². The van der Waals surface area contributed by atoms with Gasteiger partial charge in [0.15, 0.2) is 0 Å². The molecule has 1 aromatic carbocycles. The maximum atomic E-state index is 9.77. The second-order valence-electron chi connectivity index (χ2n) is 4.06. The number of fused-ring (bicyclic) bond motifs is 1. The van der Waals surface area contributed by atoms with Gasteiger partial charge < -0.3 is 10.1 Å². The minimum Gasteiger partial charge on any atom is -0.506 e. The molecule has 0 spiro atoms. The number of aromatic amines is 1. The zero-order valence-corrected chi connectivity index (χ0v) is 11.4. The van der Waals surface area contributed by atoms with Crippen LogP contribution in [0.5, 0.6) is 5.75 Å². The molecule has 0 saturated carbocycles. The minimum atomic E-state index is 0. The maximum absolute atomic E-state index is 9.77. The number of nitrogens with one attached hydrogen (secondary N) is 1. The average Bonchev–Trinajstić information content (AvgIpc) is 2.94. The van der Waals surface area contributed by atoms with Crippen LogP contribution < -0.4 is 0 Å². The summed E-state index contributed by atoms with van der Waals surface area (Å²) in [5, 5.41) is 11.8. The van der Waals surface area contributed by atoms with Crippen LogP contribution in [-0.2, 0) is 6.42 Å². The number of halogens is 1. The molecule has 0 saturated heterocycles. The summed E-state index contributed by atoms with van der Waals surface area (Å²) in [6, 6.07) is 7.70. The summed E-state index contributed by atoms with van der Waals surface area (Å²) >= 11 is 1.71. The standard InChI is InChI=1S/C13H12N2OS.ClH/c1-8-4-5-10(16)13-12(8)14-11(15-13)7-9-3-2-6-17-9;/h2-6,16H,7H2,1H3,(H,14,15);1H. The van der Waals surface area contributed by atoms with Crippen molar-refractivity contribution in [2.24, 2.45) is 0 Å². The largest absolute Gasteiger partial charge is 0.506 e. The van der Waals surface area contributed by atoms with E-state index in [1.165, 1.54) is 4.88 Å². The normalized spacial score (nSPS) is 10.5. The second-order valence-corrected chi connectivity index (χ2v) is 5.10. The molecule has 0 unspecified atom stereocenters. The molecule has 2 heterocycles. The van der Waals surface area contributed by atoms with Crippen LogP contribution in [0.4, 0.5) is 0 Å². The van der Waals surface area contributed by atoms with E-state index in [1.807, 2.05) is 19.1 Å². The Hall–Kier alpha value is -1.52. The molecule has 0 aliphatic heterocycles. The zero-order chi connectivity index (χ0) is 11.8. The van der Waals surface area contributed by atoms with Crippen LogP contribution in [0.1, 0.15) is 16.3 Å². The molecular weight excluding hydrogens is 268 g/mol. The first-order chi connectivity index (χ1) is 8.24. The van der Waals surface area contributed by atoms with Gasteiger partial charge in [-0.25, -0.2) is 4.98 Å². The predicted octanol–water partition coefficient (Wildman–Crippen LogP) is 3.65. The van der Waals surface area contributed by atoms with E-state index in [9.17, 15) is 5.11 Å². The molecule has 3 rings (SSSR count). The number of nitrogens with zero attached hydrogens (tertiary/aromatic N) is 1. The Morgan fingerprint density at radius 3 is 2.83 bits per heavy atom. The van der Waals surface area contributed by atoms with Gasteiger partial charge in [0.05, 0.1) is 5.52 Å². The molecule has 2 N–H and O–H groups in total. The average molecular weight is 281 g/mol. The summed E-state index contributed by atoms with van der Waals surface area (Å²) in [5.74, 6) is 1.16. The highest BCUT2D eigenvalue weighted by Crippen LogP contribution is 2.26. The lowest BCUT2D eigenvalue weighted by molar-refractivity contribution is 0.480. The van der Waals surface area contributed by atoms with Crippen molar-refractivity contribution < 1.29 is 5.11 Å². The molecule has 3 nitrogen and oxygen atoms in total. The number of thiophene rings is 1. The fraction of sp³-hybridized carbons (Fsp3) is 0.154. The van der Waals surface area contributed by atoms with Gasteiger partial charge >= 0.3 is 0 Å². The lowest BCUT2D eigenvalue weighted by Gasteiger charge is -1.95. The van der Waals surface area contributed by atoms with Gasteiger partial charge in [0.1, 0.15) is 17.1 Å². The Morgan fingerprint density at radius 1 is 1.33 bits per heavy atom. The molecule has 5 heteroatoms. The molecule has 0 atom stereocenters. The van der Waals surface area contributed by atoms with E-state index in [-0.39, 0.29) is 18.2 Å². The van der Waals surface area contributed by atoms with Gasteiger partial charge in [-0.15, -0.1) is 23.7 Å². The number of phenols is 1. The molecule has 0 bridgehead atoms. The zero-order valence-electron chi connectivity index (χ0n) is 9.80. The van der Waals surface area contributed by atoms with Crippen LogP contribution in [-0.4, -0.2) is 15.1 Å². The van der Waals surface area contributed by atoms with Gasteiger partial charge in [0.2, 0.25) is 0 Å². The summed E-state index contributed by atoms with van der Waals surface area (Å²) < 4.78 is 0. The van der Waals surface area contributed by atoms with Crippen LogP contribution in [0.15, 0.2) is 29.6 Å². The van der Waals surface area contributed by atoms with Crippen molar-refractivity contribution in [2.75, 3.05) is 0 Å². The number of phenolic OH excluding ortho intramolecular Hbond substituents is 1. The number of aromatic nitrogens is 2. The Labute approximate surface area is 115 Å². The molecule has 0 fully saturated rings. The highest BCUT2D eigenvalue weighted by molar-refractivity contribution is 7.09. The maximum Gasteiger partial charge on any atom is 0.141 e. The Balaban J connectivity index is 0.00000120. The van der Waals surface area contributed by atoms with E-state index < -0.39 is 0 Å². The van der Waals surface area contributed by atoms with Gasteiger partial charge in [-0.3, -0.25) is 0 Å². The third-order valence-electron chi connectivity index (χ3n) is 2.80. The Morgan fingerprint density at radius 2 is 2.17 bits per heavy atom. The Bertz CT molecular complexity index is 622. The van der Waals surface area contributed by atoms with E-state index in [1.54, 1.807) is 17.4 Å². The van der Waals surface area contributed by atoms with Crippen molar-refractivity contribution in [3.8, 4) is 5.75 Å². The van der Waals surface area contributed by atoms with E-state index >= 15 is 0 Å². The second kappa shape index (κ2) is 5.00. The highest BCUT2D eigenvalue weighted by atomic mass is 35.5.